The van der Waals surface area contributed by atoms with Gasteiger partial charge in [0.2, 0.25) is 0 Å². The highest BCUT2D eigenvalue weighted by Gasteiger charge is 2.26. The van der Waals surface area contributed by atoms with Crippen molar-refractivity contribution in [2.75, 3.05) is 4.90 Å². The van der Waals surface area contributed by atoms with E-state index in [4.69, 9.17) is 8.83 Å². The number of fused-ring (bicyclic) bond motifs is 6. The highest BCUT2D eigenvalue weighted by molar-refractivity contribution is 6.14. The van der Waals surface area contributed by atoms with Crippen LogP contribution in [0.3, 0.4) is 0 Å². The van der Waals surface area contributed by atoms with Gasteiger partial charge in [0, 0.05) is 55.2 Å². The van der Waals surface area contributed by atoms with E-state index in [9.17, 15) is 0 Å². The van der Waals surface area contributed by atoms with Gasteiger partial charge < -0.3 is 13.7 Å². The third-order valence-corrected chi connectivity index (χ3v) is 11.1. The first kappa shape index (κ1) is 32.8. The van der Waals surface area contributed by atoms with E-state index in [1.165, 1.54) is 11.1 Å². The lowest BCUT2D eigenvalue weighted by molar-refractivity contribution is 0.670. The maximum absolute atomic E-state index is 6.73. The monoisotopic (exact) mass is 729 g/mol. The van der Waals surface area contributed by atoms with Crippen molar-refractivity contribution in [1.29, 1.82) is 0 Å². The molecule has 0 N–H and O–H groups in total. The van der Waals surface area contributed by atoms with Crippen molar-refractivity contribution < 1.29 is 8.83 Å². The first-order valence-electron chi connectivity index (χ1n) is 19.3. The maximum atomic E-state index is 6.73. The molecule has 0 bridgehead atoms. The number of anilines is 3. The third kappa shape index (κ3) is 5.60. The Kier molecular flexibility index (Phi) is 7.82. The molecule has 0 aliphatic rings. The molecule has 11 rings (SSSR count). The molecule has 9 aromatic carbocycles. The van der Waals surface area contributed by atoms with Gasteiger partial charge >= 0.3 is 0 Å². The molecule has 11 aromatic rings. The predicted octanol–water partition coefficient (Wildman–Crippen LogP) is 15.6. The minimum Gasteiger partial charge on any atom is -0.455 e. The van der Waals surface area contributed by atoms with E-state index in [2.05, 4.69) is 193 Å². The molecule has 2 heterocycles. The molecule has 3 heteroatoms. The minimum absolute atomic E-state index is 0.859. The zero-order valence-corrected chi connectivity index (χ0v) is 31.0. The number of furan rings is 2. The van der Waals surface area contributed by atoms with Gasteiger partial charge in [-0.05, 0) is 58.7 Å². The second-order valence-corrected chi connectivity index (χ2v) is 14.4. The lowest BCUT2D eigenvalue weighted by Crippen LogP contribution is -2.13. The molecule has 268 valence electrons. The van der Waals surface area contributed by atoms with Crippen LogP contribution in [-0.2, 0) is 0 Å². The van der Waals surface area contributed by atoms with E-state index < -0.39 is 0 Å². The van der Waals surface area contributed by atoms with E-state index in [1.54, 1.807) is 0 Å². The number of para-hydroxylation sites is 5. The second-order valence-electron chi connectivity index (χ2n) is 14.4. The molecule has 0 amide bonds. The Hall–Kier alpha value is -7.62. The Morgan fingerprint density at radius 1 is 0.263 bits per heavy atom. The molecule has 0 saturated carbocycles. The van der Waals surface area contributed by atoms with Gasteiger partial charge in [0.15, 0.2) is 0 Å². The fraction of sp³-hybridized carbons (Fsp3) is 0. The zero-order valence-electron chi connectivity index (χ0n) is 31.0. The molecule has 0 unspecified atom stereocenters. The quantitative estimate of drug-likeness (QED) is 0.164. The normalized spacial score (nSPS) is 11.5. The van der Waals surface area contributed by atoms with Crippen LogP contribution in [0.15, 0.2) is 221 Å². The smallest absolute Gasteiger partial charge is 0.143 e. The zero-order chi connectivity index (χ0) is 37.7. The summed E-state index contributed by atoms with van der Waals surface area (Å²) in [6.45, 7) is 0. The highest BCUT2D eigenvalue weighted by Crippen LogP contribution is 2.50. The van der Waals surface area contributed by atoms with Crippen molar-refractivity contribution in [3.8, 4) is 44.5 Å². The van der Waals surface area contributed by atoms with Crippen molar-refractivity contribution in [3.63, 3.8) is 0 Å². The van der Waals surface area contributed by atoms with Gasteiger partial charge in [-0.15, -0.1) is 0 Å². The van der Waals surface area contributed by atoms with Crippen molar-refractivity contribution in [3.05, 3.63) is 212 Å². The van der Waals surface area contributed by atoms with E-state index in [0.29, 0.717) is 0 Å². The average molecular weight is 730 g/mol. The lowest BCUT2D eigenvalue weighted by Gasteiger charge is -2.30. The topological polar surface area (TPSA) is 29.5 Å². The van der Waals surface area contributed by atoms with E-state index >= 15 is 0 Å². The van der Waals surface area contributed by atoms with Crippen LogP contribution in [0.2, 0.25) is 0 Å². The summed E-state index contributed by atoms with van der Waals surface area (Å²) in [6, 6.07) is 75.1. The summed E-state index contributed by atoms with van der Waals surface area (Å²) in [5.41, 5.74) is 15.3. The van der Waals surface area contributed by atoms with Crippen LogP contribution >= 0.6 is 0 Å². The molecule has 57 heavy (non-hydrogen) atoms. The molecule has 2 aromatic heterocycles. The highest BCUT2D eigenvalue weighted by atomic mass is 16.3. The summed E-state index contributed by atoms with van der Waals surface area (Å²) >= 11 is 0. The number of hydrogen-bond donors (Lipinski definition) is 0. The van der Waals surface area contributed by atoms with Gasteiger partial charge in [-0.2, -0.15) is 0 Å². The molecule has 0 atom stereocenters. The van der Waals surface area contributed by atoms with Gasteiger partial charge in [-0.25, -0.2) is 0 Å². The second kappa shape index (κ2) is 13.6. The Bertz CT molecular complexity index is 3000. The summed E-state index contributed by atoms with van der Waals surface area (Å²) in [7, 11) is 0. The first-order valence-corrected chi connectivity index (χ1v) is 19.3. The van der Waals surface area contributed by atoms with E-state index in [1.807, 2.05) is 24.3 Å². The van der Waals surface area contributed by atoms with Crippen LogP contribution in [0.25, 0.3) is 88.4 Å². The average Bonchev–Trinajstić information content (AvgIpc) is 3.87. The summed E-state index contributed by atoms with van der Waals surface area (Å²) in [5, 5.41) is 4.38. The lowest BCUT2D eigenvalue weighted by atomic mass is 9.92. The summed E-state index contributed by atoms with van der Waals surface area (Å²) in [6.07, 6.45) is 0. The predicted molar refractivity (Wildman–Crippen MR) is 237 cm³/mol. The number of hydrogen-bond acceptors (Lipinski definition) is 3. The van der Waals surface area contributed by atoms with Crippen LogP contribution in [0.1, 0.15) is 0 Å². The van der Waals surface area contributed by atoms with Crippen LogP contribution in [0, 0.1) is 0 Å². The molecule has 0 saturated heterocycles. The molecule has 0 spiro atoms. The molecule has 0 aliphatic carbocycles. The first-order chi connectivity index (χ1) is 28.3. The number of rotatable bonds is 7. The fourth-order valence-corrected chi connectivity index (χ4v) is 8.41. The van der Waals surface area contributed by atoms with Crippen molar-refractivity contribution >= 4 is 60.9 Å². The Morgan fingerprint density at radius 2 is 0.614 bits per heavy atom. The van der Waals surface area contributed by atoms with Crippen LogP contribution < -0.4 is 4.90 Å². The van der Waals surface area contributed by atoms with Gasteiger partial charge in [0.1, 0.15) is 22.3 Å². The molecular weight excluding hydrogens is 695 g/mol. The Balaban J connectivity index is 1.21. The summed E-state index contributed by atoms with van der Waals surface area (Å²) < 4.78 is 13.5. The molecule has 3 nitrogen and oxygen atoms in total. The SMILES string of the molecule is c1ccc(-c2ccc(N(c3ccc(-c4ccccc4)cc3)c3c(-c4cccc5c4oc4ccccc45)cccc3-c3cccc4c3oc3ccccc34)cc2)cc1. The molecule has 0 radical (unpaired) electrons. The van der Waals surface area contributed by atoms with Crippen LogP contribution in [-0.4, -0.2) is 0 Å². The molecule has 0 fully saturated rings. The van der Waals surface area contributed by atoms with Gasteiger partial charge in [-0.1, -0.05) is 176 Å². The van der Waals surface area contributed by atoms with Gasteiger partial charge in [0.05, 0.1) is 5.69 Å². The maximum Gasteiger partial charge on any atom is 0.143 e. The van der Waals surface area contributed by atoms with Crippen molar-refractivity contribution in [2.45, 2.75) is 0 Å². The number of benzene rings is 9. The Morgan fingerprint density at radius 3 is 1.07 bits per heavy atom. The largest absolute Gasteiger partial charge is 0.455 e. The van der Waals surface area contributed by atoms with Crippen molar-refractivity contribution in [1.82, 2.24) is 0 Å². The summed E-state index contributed by atoms with van der Waals surface area (Å²) in [5.74, 6) is 0. The van der Waals surface area contributed by atoms with E-state index in [-0.39, 0.29) is 0 Å². The van der Waals surface area contributed by atoms with Gasteiger partial charge in [0.25, 0.3) is 0 Å². The summed E-state index contributed by atoms with van der Waals surface area (Å²) in [4.78, 5) is 2.40. The molecular formula is C54H35NO2. The third-order valence-electron chi connectivity index (χ3n) is 11.1. The van der Waals surface area contributed by atoms with Gasteiger partial charge in [-0.3, -0.25) is 0 Å². The standard InChI is InChI=1S/C54H35NO2/c1-3-14-36(15-4-1)38-28-32-40(33-29-38)55(41-34-30-39(31-35-41)37-16-5-2-6-17-37)52-44(48-24-12-22-46-42-18-7-9-26-50(42)56-53(46)48)20-11-21-45(52)49-25-13-23-47-43-19-8-10-27-51(43)57-54(47)49/h1-35H. The van der Waals surface area contributed by atoms with Crippen LogP contribution in [0.5, 0.6) is 0 Å². The van der Waals surface area contributed by atoms with E-state index in [0.717, 1.165) is 94.3 Å². The number of nitrogens with zero attached hydrogens (tertiary/aromatic N) is 1. The Labute approximate surface area is 330 Å². The van der Waals surface area contributed by atoms with Crippen molar-refractivity contribution in [2.24, 2.45) is 0 Å². The van der Waals surface area contributed by atoms with Crippen LogP contribution in [0.4, 0.5) is 17.1 Å². The fourth-order valence-electron chi connectivity index (χ4n) is 8.41. The minimum atomic E-state index is 0.859. The molecule has 0 aliphatic heterocycles.